The molecule has 0 radical (unpaired) electrons. The van der Waals surface area contributed by atoms with Crippen LogP contribution in [0.2, 0.25) is 0 Å². The van der Waals surface area contributed by atoms with Gasteiger partial charge in [-0.2, -0.15) is 9.97 Å². The molecule has 0 spiro atoms. The standard InChI is InChI=1S/C18H28N8O3/c1-12(27)26(13(2)28)17-15-16(22-18(23-17)25-5-3-19-4-6-25)21-14(11-20-15)24-7-9-29-10-8-24/h11-13,19,27-28H,3-10H2,1-2H3. The Labute approximate surface area is 169 Å². The lowest BCUT2D eigenvalue weighted by molar-refractivity contribution is 0.104. The fraction of sp³-hybridized carbons (Fsp3) is 0.667. The Balaban J connectivity index is 1.82. The number of aliphatic hydroxyl groups is 2. The predicted molar refractivity (Wildman–Crippen MR) is 109 cm³/mol. The second-order valence-electron chi connectivity index (χ2n) is 7.26. The summed E-state index contributed by atoms with van der Waals surface area (Å²) in [6, 6.07) is 0. The summed E-state index contributed by atoms with van der Waals surface area (Å²) in [5, 5.41) is 23.8. The van der Waals surface area contributed by atoms with Crippen LogP contribution in [0.25, 0.3) is 11.2 Å². The molecule has 0 saturated carbocycles. The number of hydrogen-bond donors (Lipinski definition) is 3. The van der Waals surface area contributed by atoms with Crippen molar-refractivity contribution in [2.75, 3.05) is 67.2 Å². The molecule has 2 aromatic rings. The van der Waals surface area contributed by atoms with E-state index in [1.165, 1.54) is 4.90 Å². The first-order valence-corrected chi connectivity index (χ1v) is 10.0. The van der Waals surface area contributed by atoms with Crippen LogP contribution in [0.4, 0.5) is 17.6 Å². The molecule has 2 aliphatic heterocycles. The van der Waals surface area contributed by atoms with E-state index >= 15 is 0 Å². The number of aromatic nitrogens is 4. The number of aliphatic hydroxyl groups excluding tert-OH is 2. The highest BCUT2D eigenvalue weighted by atomic mass is 16.5. The summed E-state index contributed by atoms with van der Waals surface area (Å²) in [7, 11) is 0. The first-order chi connectivity index (χ1) is 14.0. The zero-order valence-corrected chi connectivity index (χ0v) is 16.8. The Morgan fingerprint density at radius 2 is 1.69 bits per heavy atom. The maximum absolute atomic E-state index is 10.3. The van der Waals surface area contributed by atoms with Gasteiger partial charge in [0.25, 0.3) is 0 Å². The van der Waals surface area contributed by atoms with Crippen LogP contribution in [-0.2, 0) is 4.74 Å². The summed E-state index contributed by atoms with van der Waals surface area (Å²) in [6.45, 7) is 9.18. The first kappa shape index (κ1) is 20.0. The van der Waals surface area contributed by atoms with Gasteiger partial charge in [0.15, 0.2) is 17.0 Å². The average Bonchev–Trinajstić information content (AvgIpc) is 2.74. The second-order valence-corrected chi connectivity index (χ2v) is 7.26. The van der Waals surface area contributed by atoms with Gasteiger partial charge in [-0.05, 0) is 13.8 Å². The molecule has 11 nitrogen and oxygen atoms in total. The van der Waals surface area contributed by atoms with Gasteiger partial charge in [0.2, 0.25) is 5.95 Å². The van der Waals surface area contributed by atoms with E-state index in [1.54, 1.807) is 20.0 Å². The van der Waals surface area contributed by atoms with Gasteiger partial charge in [-0.1, -0.05) is 0 Å². The smallest absolute Gasteiger partial charge is 0.229 e. The zero-order chi connectivity index (χ0) is 20.4. The van der Waals surface area contributed by atoms with Crippen LogP contribution >= 0.6 is 0 Å². The van der Waals surface area contributed by atoms with Crippen LogP contribution in [0.3, 0.4) is 0 Å². The van der Waals surface area contributed by atoms with Gasteiger partial charge in [-0.15, -0.1) is 0 Å². The molecular formula is C18H28N8O3. The van der Waals surface area contributed by atoms with Crippen molar-refractivity contribution in [2.45, 2.75) is 26.3 Å². The molecule has 0 bridgehead atoms. The molecule has 2 saturated heterocycles. The number of nitrogens with zero attached hydrogens (tertiary/aromatic N) is 7. The number of nitrogens with one attached hydrogen (secondary N) is 1. The van der Waals surface area contributed by atoms with Crippen LogP contribution in [0.1, 0.15) is 13.8 Å². The van der Waals surface area contributed by atoms with E-state index in [-0.39, 0.29) is 0 Å². The van der Waals surface area contributed by atoms with Gasteiger partial charge in [-0.25, -0.2) is 9.97 Å². The van der Waals surface area contributed by atoms with Crippen molar-refractivity contribution in [3.8, 4) is 0 Å². The highest BCUT2D eigenvalue weighted by Crippen LogP contribution is 2.28. The van der Waals surface area contributed by atoms with Crippen molar-refractivity contribution in [3.63, 3.8) is 0 Å². The van der Waals surface area contributed by atoms with Gasteiger partial charge >= 0.3 is 0 Å². The lowest BCUT2D eigenvalue weighted by Gasteiger charge is -2.32. The van der Waals surface area contributed by atoms with Crippen LogP contribution in [0, 0.1) is 0 Å². The van der Waals surface area contributed by atoms with E-state index in [4.69, 9.17) is 9.72 Å². The Kier molecular flexibility index (Phi) is 5.90. The molecule has 29 heavy (non-hydrogen) atoms. The number of piperazine rings is 1. The molecule has 2 fully saturated rings. The van der Waals surface area contributed by atoms with Gasteiger partial charge in [0.05, 0.1) is 19.4 Å². The number of ether oxygens (including phenoxy) is 1. The number of morpholine rings is 1. The van der Waals surface area contributed by atoms with Crippen LogP contribution < -0.4 is 20.0 Å². The van der Waals surface area contributed by atoms with E-state index < -0.39 is 12.5 Å². The summed E-state index contributed by atoms with van der Waals surface area (Å²) in [4.78, 5) is 24.3. The molecule has 2 atom stereocenters. The first-order valence-electron chi connectivity index (χ1n) is 10.0. The fourth-order valence-electron chi connectivity index (χ4n) is 3.67. The number of rotatable bonds is 5. The maximum atomic E-state index is 10.3. The summed E-state index contributed by atoms with van der Waals surface area (Å²) >= 11 is 0. The van der Waals surface area contributed by atoms with Gasteiger partial charge < -0.3 is 35.0 Å². The van der Waals surface area contributed by atoms with Gasteiger partial charge in [0, 0.05) is 39.3 Å². The van der Waals surface area contributed by atoms with Crippen LogP contribution in [-0.4, -0.2) is 95.1 Å². The van der Waals surface area contributed by atoms with E-state index in [2.05, 4.69) is 30.1 Å². The molecule has 2 unspecified atom stereocenters. The summed E-state index contributed by atoms with van der Waals surface area (Å²) in [6.07, 6.45) is -0.220. The quantitative estimate of drug-likeness (QED) is 0.540. The molecule has 4 rings (SSSR count). The highest BCUT2D eigenvalue weighted by molar-refractivity contribution is 5.85. The van der Waals surface area contributed by atoms with E-state index in [1.807, 2.05) is 0 Å². The largest absolute Gasteiger partial charge is 0.378 e. The minimum atomic E-state index is -0.954. The second kappa shape index (κ2) is 8.57. The topological polar surface area (TPSA) is 123 Å². The van der Waals surface area contributed by atoms with E-state index in [0.717, 1.165) is 45.1 Å². The third-order valence-electron chi connectivity index (χ3n) is 5.15. The zero-order valence-electron chi connectivity index (χ0n) is 16.8. The monoisotopic (exact) mass is 404 g/mol. The molecular weight excluding hydrogens is 376 g/mol. The number of fused-ring (bicyclic) bond motifs is 1. The predicted octanol–water partition coefficient (Wildman–Crippen LogP) is -0.851. The molecule has 158 valence electrons. The summed E-state index contributed by atoms with van der Waals surface area (Å²) in [5.41, 5.74) is 0.890. The van der Waals surface area contributed by atoms with Crippen molar-refractivity contribution in [1.29, 1.82) is 0 Å². The third kappa shape index (κ3) is 4.17. The van der Waals surface area contributed by atoms with Crippen LogP contribution in [0.5, 0.6) is 0 Å². The number of hydrogen-bond acceptors (Lipinski definition) is 11. The Morgan fingerprint density at radius 3 is 2.34 bits per heavy atom. The molecule has 2 aliphatic rings. The highest BCUT2D eigenvalue weighted by Gasteiger charge is 2.26. The maximum Gasteiger partial charge on any atom is 0.229 e. The molecule has 0 aromatic carbocycles. The van der Waals surface area contributed by atoms with Crippen molar-refractivity contribution in [1.82, 2.24) is 25.3 Å². The summed E-state index contributed by atoms with van der Waals surface area (Å²) < 4.78 is 5.42. The van der Waals surface area contributed by atoms with Crippen molar-refractivity contribution < 1.29 is 14.9 Å². The SMILES string of the molecule is CC(O)N(c1nc(N2CCNCC2)nc2nc(N3CCOCC3)cnc12)C(C)O. The van der Waals surface area contributed by atoms with E-state index in [9.17, 15) is 10.2 Å². The third-order valence-corrected chi connectivity index (χ3v) is 5.15. The van der Waals surface area contributed by atoms with Gasteiger partial charge in [0.1, 0.15) is 18.3 Å². The fourth-order valence-corrected chi connectivity index (χ4v) is 3.67. The van der Waals surface area contributed by atoms with Crippen molar-refractivity contribution >= 4 is 28.7 Å². The average molecular weight is 404 g/mol. The van der Waals surface area contributed by atoms with Crippen molar-refractivity contribution in [2.24, 2.45) is 0 Å². The van der Waals surface area contributed by atoms with Crippen molar-refractivity contribution in [3.05, 3.63) is 6.20 Å². The lowest BCUT2D eigenvalue weighted by Crippen LogP contribution is -2.45. The summed E-state index contributed by atoms with van der Waals surface area (Å²) in [5.74, 6) is 1.63. The molecule has 2 aromatic heterocycles. The normalized spacial score (nSPS) is 20.0. The molecule has 4 heterocycles. The lowest BCUT2D eigenvalue weighted by atomic mass is 10.3. The van der Waals surface area contributed by atoms with E-state index in [0.29, 0.717) is 36.1 Å². The number of anilines is 3. The molecule has 11 heteroatoms. The minimum absolute atomic E-state index is 0.370. The Morgan fingerprint density at radius 1 is 1.00 bits per heavy atom. The Bertz CT molecular complexity index is 824. The Hall–Kier alpha value is -2.34. The molecule has 3 N–H and O–H groups in total. The van der Waals surface area contributed by atoms with Gasteiger partial charge in [-0.3, -0.25) is 0 Å². The molecule has 0 amide bonds. The molecule has 0 aliphatic carbocycles. The van der Waals surface area contributed by atoms with Crippen LogP contribution in [0.15, 0.2) is 6.20 Å². The minimum Gasteiger partial charge on any atom is -0.378 e.